The fraction of sp³-hybridized carbons (Fsp3) is 0.300. The minimum atomic E-state index is -1.13. The normalized spacial score (nSPS) is 11.7. The van der Waals surface area contributed by atoms with Crippen LogP contribution in [0.3, 0.4) is 0 Å². The van der Waals surface area contributed by atoms with Crippen LogP contribution in [0.5, 0.6) is 0 Å². The Morgan fingerprint density at radius 2 is 2.40 bits per heavy atom. The van der Waals surface area contributed by atoms with Crippen molar-refractivity contribution in [3.05, 3.63) is 17.9 Å². The van der Waals surface area contributed by atoms with Crippen LogP contribution in [0, 0.1) is 12.3 Å². The van der Waals surface area contributed by atoms with Crippen LogP contribution < -0.4 is 5.32 Å². The van der Waals surface area contributed by atoms with Gasteiger partial charge in [-0.2, -0.15) is 0 Å². The monoisotopic (exact) mass is 209 g/mol. The van der Waals surface area contributed by atoms with Crippen molar-refractivity contribution in [2.24, 2.45) is 0 Å². The largest absolute Gasteiger partial charge is 0.475 e. The molecule has 0 saturated heterocycles. The fourth-order valence-electron chi connectivity index (χ4n) is 0.974. The fourth-order valence-corrected chi connectivity index (χ4v) is 0.974. The average Bonchev–Trinajstić information content (AvgIpc) is 2.63. The first-order valence-corrected chi connectivity index (χ1v) is 4.32. The number of carboxylic acids is 1. The number of aliphatic hydroxyl groups is 1. The van der Waals surface area contributed by atoms with Crippen molar-refractivity contribution in [3.8, 4) is 12.3 Å². The zero-order chi connectivity index (χ0) is 11.3. The van der Waals surface area contributed by atoms with E-state index >= 15 is 0 Å². The summed E-state index contributed by atoms with van der Waals surface area (Å²) in [5, 5.41) is 20.6. The van der Waals surface area contributed by atoms with Gasteiger partial charge in [0.05, 0.1) is 6.10 Å². The van der Waals surface area contributed by atoms with Crippen molar-refractivity contribution >= 4 is 11.9 Å². The van der Waals surface area contributed by atoms with Gasteiger partial charge in [-0.15, -0.1) is 12.3 Å². The van der Waals surface area contributed by atoms with E-state index in [1.54, 1.807) is 0 Å². The Balaban J connectivity index is 2.45. The van der Waals surface area contributed by atoms with E-state index in [2.05, 4.69) is 11.2 Å². The standard InChI is InChI=1S/C10H11NO4/c1-2-3-7(12)6-11-9-5-4-8(15-9)10(13)14/h1,4-5,7,11-12H,3,6H2,(H,13,14). The molecular weight excluding hydrogens is 198 g/mol. The number of hydrogen-bond acceptors (Lipinski definition) is 4. The topological polar surface area (TPSA) is 82.7 Å². The summed E-state index contributed by atoms with van der Waals surface area (Å²) in [7, 11) is 0. The zero-order valence-corrected chi connectivity index (χ0v) is 7.93. The van der Waals surface area contributed by atoms with Gasteiger partial charge in [-0.05, 0) is 6.07 Å². The number of aliphatic hydroxyl groups excluding tert-OH is 1. The maximum atomic E-state index is 10.5. The van der Waals surface area contributed by atoms with Gasteiger partial charge in [0, 0.05) is 19.0 Å². The van der Waals surface area contributed by atoms with E-state index in [9.17, 15) is 9.90 Å². The molecule has 0 bridgehead atoms. The molecule has 0 aliphatic heterocycles. The molecule has 5 nitrogen and oxygen atoms in total. The number of nitrogens with one attached hydrogen (secondary N) is 1. The van der Waals surface area contributed by atoms with Crippen LogP contribution in [0.2, 0.25) is 0 Å². The maximum Gasteiger partial charge on any atom is 0.371 e. The summed E-state index contributed by atoms with van der Waals surface area (Å²) >= 11 is 0. The molecule has 0 aliphatic rings. The van der Waals surface area contributed by atoms with Gasteiger partial charge in [-0.1, -0.05) is 0 Å². The molecule has 1 heterocycles. The first kappa shape index (κ1) is 11.1. The van der Waals surface area contributed by atoms with Crippen molar-refractivity contribution < 1.29 is 19.4 Å². The molecule has 1 rings (SSSR count). The lowest BCUT2D eigenvalue weighted by Gasteiger charge is -2.07. The van der Waals surface area contributed by atoms with E-state index in [-0.39, 0.29) is 18.7 Å². The highest BCUT2D eigenvalue weighted by Crippen LogP contribution is 2.13. The number of carboxylic acid groups (broad SMARTS) is 1. The molecule has 1 unspecified atom stereocenters. The van der Waals surface area contributed by atoms with Gasteiger partial charge in [0.25, 0.3) is 0 Å². The zero-order valence-electron chi connectivity index (χ0n) is 7.93. The molecule has 15 heavy (non-hydrogen) atoms. The predicted octanol–water partition coefficient (Wildman–Crippen LogP) is 0.774. The lowest BCUT2D eigenvalue weighted by Crippen LogP contribution is -2.18. The van der Waals surface area contributed by atoms with E-state index in [0.717, 1.165) is 0 Å². The van der Waals surface area contributed by atoms with Crippen LogP contribution in [0.15, 0.2) is 16.5 Å². The molecular formula is C10H11NO4. The van der Waals surface area contributed by atoms with Gasteiger partial charge < -0.3 is 19.9 Å². The molecule has 3 N–H and O–H groups in total. The Morgan fingerprint density at radius 3 is 2.93 bits per heavy atom. The number of aromatic carboxylic acids is 1. The van der Waals surface area contributed by atoms with Crippen LogP contribution in [0.4, 0.5) is 5.88 Å². The summed E-state index contributed by atoms with van der Waals surface area (Å²) in [5.41, 5.74) is 0. The van der Waals surface area contributed by atoms with Gasteiger partial charge >= 0.3 is 5.97 Å². The van der Waals surface area contributed by atoms with E-state index in [1.165, 1.54) is 12.1 Å². The number of terminal acetylenes is 1. The molecule has 1 atom stereocenters. The lowest BCUT2D eigenvalue weighted by molar-refractivity contribution is 0.0663. The summed E-state index contributed by atoms with van der Waals surface area (Å²) in [6, 6.07) is 2.81. The van der Waals surface area contributed by atoms with Gasteiger partial charge in [0.2, 0.25) is 5.76 Å². The Hall–Kier alpha value is -1.93. The van der Waals surface area contributed by atoms with Gasteiger partial charge in [0.15, 0.2) is 5.88 Å². The van der Waals surface area contributed by atoms with Crippen molar-refractivity contribution in [1.82, 2.24) is 0 Å². The highest BCUT2D eigenvalue weighted by Gasteiger charge is 2.09. The second kappa shape index (κ2) is 5.08. The molecule has 0 fully saturated rings. The second-order valence-electron chi connectivity index (χ2n) is 2.91. The van der Waals surface area contributed by atoms with Gasteiger partial charge in [-0.3, -0.25) is 0 Å². The second-order valence-corrected chi connectivity index (χ2v) is 2.91. The number of hydrogen-bond donors (Lipinski definition) is 3. The summed E-state index contributed by atoms with van der Waals surface area (Å²) in [4.78, 5) is 10.5. The van der Waals surface area contributed by atoms with Crippen molar-refractivity contribution in [3.63, 3.8) is 0 Å². The molecule has 0 amide bonds. The third-order valence-corrected chi connectivity index (χ3v) is 1.68. The third-order valence-electron chi connectivity index (χ3n) is 1.68. The van der Waals surface area contributed by atoms with Crippen LogP contribution >= 0.6 is 0 Å². The van der Waals surface area contributed by atoms with E-state index in [4.69, 9.17) is 15.9 Å². The predicted molar refractivity (Wildman–Crippen MR) is 53.6 cm³/mol. The summed E-state index contributed by atoms with van der Waals surface area (Å²) in [6.07, 6.45) is 4.57. The van der Waals surface area contributed by atoms with Gasteiger partial charge in [0.1, 0.15) is 0 Å². The number of carbonyl (C=O) groups is 1. The summed E-state index contributed by atoms with van der Waals surface area (Å²) in [6.45, 7) is 0.219. The third kappa shape index (κ3) is 3.37. The molecule has 80 valence electrons. The van der Waals surface area contributed by atoms with E-state index in [1.807, 2.05) is 0 Å². The highest BCUT2D eigenvalue weighted by atomic mass is 16.4. The minimum absolute atomic E-state index is 0.149. The molecule has 0 radical (unpaired) electrons. The average molecular weight is 209 g/mol. The highest BCUT2D eigenvalue weighted by molar-refractivity contribution is 5.84. The molecule has 1 aromatic rings. The van der Waals surface area contributed by atoms with Crippen LogP contribution in [-0.2, 0) is 0 Å². The van der Waals surface area contributed by atoms with Crippen LogP contribution in [0.1, 0.15) is 17.0 Å². The Bertz CT molecular complexity index is 377. The number of anilines is 1. The van der Waals surface area contributed by atoms with Crippen LogP contribution in [-0.4, -0.2) is 28.8 Å². The van der Waals surface area contributed by atoms with Gasteiger partial charge in [-0.25, -0.2) is 4.79 Å². The summed E-state index contributed by atoms with van der Waals surface area (Å²) < 4.78 is 4.90. The molecule has 1 aromatic heterocycles. The Morgan fingerprint density at radius 1 is 1.67 bits per heavy atom. The summed E-state index contributed by atoms with van der Waals surface area (Å²) in [5.74, 6) is 1.33. The molecule has 0 aliphatic carbocycles. The molecule has 0 aromatic carbocycles. The quantitative estimate of drug-likeness (QED) is 0.624. The van der Waals surface area contributed by atoms with Crippen molar-refractivity contribution in [1.29, 1.82) is 0 Å². The SMILES string of the molecule is C#CCC(O)CNc1ccc(C(=O)O)o1. The molecule has 0 saturated carbocycles. The maximum absolute atomic E-state index is 10.5. The smallest absolute Gasteiger partial charge is 0.371 e. The van der Waals surface area contributed by atoms with Crippen LogP contribution in [0.25, 0.3) is 0 Å². The first-order valence-electron chi connectivity index (χ1n) is 4.32. The van der Waals surface area contributed by atoms with E-state index in [0.29, 0.717) is 5.88 Å². The number of furan rings is 1. The molecule has 0 spiro atoms. The van der Waals surface area contributed by atoms with E-state index < -0.39 is 12.1 Å². The minimum Gasteiger partial charge on any atom is -0.475 e. The number of rotatable bonds is 5. The van der Waals surface area contributed by atoms with Crippen molar-refractivity contribution in [2.45, 2.75) is 12.5 Å². The Kier molecular flexibility index (Phi) is 3.77. The van der Waals surface area contributed by atoms with Crippen molar-refractivity contribution in [2.75, 3.05) is 11.9 Å². The first-order chi connectivity index (χ1) is 7.13. The molecule has 5 heteroatoms. The lowest BCUT2D eigenvalue weighted by atomic mass is 10.2. The Labute approximate surface area is 86.7 Å².